The standard InChI is InChI=1S/C5H8N2O2S/c1-5(3(6)8)2-10-4(9)7-5/h2H2,1H3,(H2,6,8)(H,7,9). The topological polar surface area (TPSA) is 72.2 Å². The van der Waals surface area contributed by atoms with Gasteiger partial charge in [0.25, 0.3) is 5.24 Å². The van der Waals surface area contributed by atoms with Gasteiger partial charge in [-0.25, -0.2) is 0 Å². The Bertz CT molecular complexity index is 194. The molecule has 4 nitrogen and oxygen atoms in total. The quantitative estimate of drug-likeness (QED) is 0.552. The highest BCUT2D eigenvalue weighted by Crippen LogP contribution is 2.21. The fourth-order valence-electron chi connectivity index (χ4n) is 0.640. The van der Waals surface area contributed by atoms with Crippen LogP contribution in [0.2, 0.25) is 0 Å². The van der Waals surface area contributed by atoms with Crippen molar-refractivity contribution in [1.82, 2.24) is 5.32 Å². The molecule has 0 aromatic heterocycles. The van der Waals surface area contributed by atoms with Gasteiger partial charge in [-0.2, -0.15) is 0 Å². The molecule has 1 aliphatic rings. The maximum Gasteiger partial charge on any atom is 0.280 e. The number of carbonyl (C=O) groups is 2. The lowest BCUT2D eigenvalue weighted by Crippen LogP contribution is -2.51. The lowest BCUT2D eigenvalue weighted by atomic mass is 10.1. The number of rotatable bonds is 1. The van der Waals surface area contributed by atoms with E-state index in [1.165, 1.54) is 0 Å². The van der Waals surface area contributed by atoms with Crippen molar-refractivity contribution >= 4 is 22.9 Å². The van der Waals surface area contributed by atoms with Crippen LogP contribution in [0, 0.1) is 0 Å². The van der Waals surface area contributed by atoms with Gasteiger partial charge in [0.2, 0.25) is 5.91 Å². The molecule has 1 atom stereocenters. The van der Waals surface area contributed by atoms with E-state index in [2.05, 4.69) is 5.32 Å². The van der Waals surface area contributed by atoms with Crippen molar-refractivity contribution in [1.29, 1.82) is 0 Å². The number of hydrogen-bond donors (Lipinski definition) is 2. The van der Waals surface area contributed by atoms with E-state index >= 15 is 0 Å². The van der Waals surface area contributed by atoms with Crippen molar-refractivity contribution in [3.05, 3.63) is 0 Å². The Hall–Kier alpha value is -0.710. The summed E-state index contributed by atoms with van der Waals surface area (Å²) in [5.74, 6) is -0.0490. The van der Waals surface area contributed by atoms with Crippen LogP contribution >= 0.6 is 11.8 Å². The Balaban J connectivity index is 2.72. The molecule has 5 heteroatoms. The van der Waals surface area contributed by atoms with Crippen LogP contribution in [0.3, 0.4) is 0 Å². The monoisotopic (exact) mass is 160 g/mol. The molecule has 2 amide bonds. The first kappa shape index (κ1) is 7.40. The zero-order chi connectivity index (χ0) is 7.78. The van der Waals surface area contributed by atoms with Crippen LogP contribution in [0.1, 0.15) is 6.92 Å². The van der Waals surface area contributed by atoms with E-state index < -0.39 is 11.4 Å². The summed E-state index contributed by atoms with van der Waals surface area (Å²) >= 11 is 1.08. The van der Waals surface area contributed by atoms with Crippen molar-refractivity contribution in [3.63, 3.8) is 0 Å². The van der Waals surface area contributed by atoms with Gasteiger partial charge in [0.05, 0.1) is 0 Å². The van der Waals surface area contributed by atoms with Gasteiger partial charge in [0, 0.05) is 5.75 Å². The third-order valence-electron chi connectivity index (χ3n) is 1.41. The molecule has 1 saturated heterocycles. The number of nitrogens with two attached hydrogens (primary N) is 1. The van der Waals surface area contributed by atoms with Gasteiger partial charge in [0.15, 0.2) is 0 Å². The minimum Gasteiger partial charge on any atom is -0.368 e. The fraction of sp³-hybridized carbons (Fsp3) is 0.600. The Morgan fingerprint density at radius 1 is 1.90 bits per heavy atom. The van der Waals surface area contributed by atoms with E-state index in [1.54, 1.807) is 6.92 Å². The van der Waals surface area contributed by atoms with Gasteiger partial charge in [-0.15, -0.1) is 0 Å². The largest absolute Gasteiger partial charge is 0.368 e. The highest BCUT2D eigenvalue weighted by molar-refractivity contribution is 8.14. The van der Waals surface area contributed by atoms with E-state index in [4.69, 9.17) is 5.73 Å². The van der Waals surface area contributed by atoms with Crippen molar-refractivity contribution in [2.45, 2.75) is 12.5 Å². The maximum atomic E-state index is 10.7. The van der Waals surface area contributed by atoms with Crippen LogP contribution in [0.25, 0.3) is 0 Å². The lowest BCUT2D eigenvalue weighted by Gasteiger charge is -2.17. The van der Waals surface area contributed by atoms with Crippen molar-refractivity contribution in [2.24, 2.45) is 5.73 Å². The first-order chi connectivity index (χ1) is 4.54. The zero-order valence-electron chi connectivity index (χ0n) is 5.51. The lowest BCUT2D eigenvalue weighted by molar-refractivity contribution is -0.122. The molecule has 1 aliphatic heterocycles. The number of primary amides is 1. The molecule has 0 spiro atoms. The van der Waals surface area contributed by atoms with Gasteiger partial charge >= 0.3 is 0 Å². The SMILES string of the molecule is CC1(C(N)=O)CSC(=O)N1. The summed E-state index contributed by atoms with van der Waals surface area (Å²) in [5, 5.41) is 2.30. The minimum absolute atomic E-state index is 0.179. The average molecular weight is 160 g/mol. The average Bonchev–Trinajstić information content (AvgIpc) is 2.13. The number of hydrogen-bond acceptors (Lipinski definition) is 3. The number of nitrogens with one attached hydrogen (secondary N) is 1. The third kappa shape index (κ3) is 1.09. The molecule has 0 bridgehead atoms. The van der Waals surface area contributed by atoms with E-state index in [0.717, 1.165) is 11.8 Å². The minimum atomic E-state index is -0.832. The van der Waals surface area contributed by atoms with E-state index in [-0.39, 0.29) is 5.24 Å². The smallest absolute Gasteiger partial charge is 0.280 e. The molecular formula is C5H8N2O2S. The van der Waals surface area contributed by atoms with E-state index in [1.807, 2.05) is 0 Å². The van der Waals surface area contributed by atoms with Gasteiger partial charge in [-0.3, -0.25) is 9.59 Å². The highest BCUT2D eigenvalue weighted by Gasteiger charge is 2.38. The summed E-state index contributed by atoms with van der Waals surface area (Å²) in [6.07, 6.45) is 0. The van der Waals surface area contributed by atoms with Crippen LogP contribution in [0.4, 0.5) is 4.79 Å². The summed E-state index contributed by atoms with van der Waals surface area (Å²) < 4.78 is 0. The molecule has 1 rings (SSSR count). The third-order valence-corrected chi connectivity index (χ3v) is 2.50. The second-order valence-electron chi connectivity index (χ2n) is 2.40. The molecule has 1 fully saturated rings. The van der Waals surface area contributed by atoms with Crippen LogP contribution in [-0.4, -0.2) is 22.4 Å². The first-order valence-electron chi connectivity index (χ1n) is 2.79. The van der Waals surface area contributed by atoms with Crippen molar-refractivity contribution < 1.29 is 9.59 Å². The molecule has 10 heavy (non-hydrogen) atoms. The molecule has 56 valence electrons. The Morgan fingerprint density at radius 2 is 2.50 bits per heavy atom. The first-order valence-corrected chi connectivity index (χ1v) is 3.78. The fourth-order valence-corrected chi connectivity index (χ4v) is 1.57. The van der Waals surface area contributed by atoms with Gasteiger partial charge in [-0.05, 0) is 6.92 Å². The van der Waals surface area contributed by atoms with Gasteiger partial charge in [-0.1, -0.05) is 11.8 Å². The van der Waals surface area contributed by atoms with Crippen LogP contribution < -0.4 is 11.1 Å². The Kier molecular flexibility index (Phi) is 1.60. The van der Waals surface area contributed by atoms with Crippen molar-refractivity contribution in [2.75, 3.05) is 5.75 Å². The Labute approximate surface area is 62.5 Å². The molecule has 0 saturated carbocycles. The Morgan fingerprint density at radius 3 is 2.70 bits per heavy atom. The normalized spacial score (nSPS) is 31.9. The summed E-state index contributed by atoms with van der Waals surface area (Å²) in [4.78, 5) is 21.3. The van der Waals surface area contributed by atoms with Crippen LogP contribution in [0.15, 0.2) is 0 Å². The molecule has 1 unspecified atom stereocenters. The van der Waals surface area contributed by atoms with Crippen LogP contribution in [-0.2, 0) is 4.79 Å². The molecule has 0 aromatic carbocycles. The second kappa shape index (κ2) is 2.16. The molecule has 1 heterocycles. The number of carbonyl (C=O) groups excluding carboxylic acids is 2. The molecular weight excluding hydrogens is 152 g/mol. The van der Waals surface area contributed by atoms with Gasteiger partial charge in [0.1, 0.15) is 5.54 Å². The van der Waals surface area contributed by atoms with Gasteiger partial charge < -0.3 is 11.1 Å². The van der Waals surface area contributed by atoms with Crippen molar-refractivity contribution in [3.8, 4) is 0 Å². The predicted molar refractivity (Wildman–Crippen MR) is 38.6 cm³/mol. The highest BCUT2D eigenvalue weighted by atomic mass is 32.2. The molecule has 0 aliphatic carbocycles. The molecule has 0 radical (unpaired) electrons. The van der Waals surface area contributed by atoms with Crippen LogP contribution in [0.5, 0.6) is 0 Å². The molecule has 0 aromatic rings. The summed E-state index contributed by atoms with van der Waals surface area (Å²) in [6.45, 7) is 1.62. The number of thioether (sulfide) groups is 1. The van der Waals surface area contributed by atoms with E-state index in [0.29, 0.717) is 5.75 Å². The summed E-state index contributed by atoms with van der Waals surface area (Å²) in [7, 11) is 0. The van der Waals surface area contributed by atoms with E-state index in [9.17, 15) is 9.59 Å². The predicted octanol–water partition coefficient (Wildman–Crippen LogP) is -0.313. The molecule has 3 N–H and O–H groups in total. The number of amides is 2. The summed E-state index contributed by atoms with van der Waals surface area (Å²) in [5.41, 5.74) is 4.20. The zero-order valence-corrected chi connectivity index (χ0v) is 6.33. The second-order valence-corrected chi connectivity index (χ2v) is 3.35. The summed E-state index contributed by atoms with van der Waals surface area (Å²) in [6, 6.07) is 0. The maximum absolute atomic E-state index is 10.7.